The molecule has 3 aromatic carbocycles. The number of halogens is 1. The van der Waals surface area contributed by atoms with Gasteiger partial charge in [-0.1, -0.05) is 30.3 Å². The second-order valence-corrected chi connectivity index (χ2v) is 8.07. The van der Waals surface area contributed by atoms with Crippen LogP contribution >= 0.6 is 0 Å². The quantitative estimate of drug-likeness (QED) is 0.762. The molecule has 0 unspecified atom stereocenters. The molecule has 0 saturated heterocycles. The zero-order valence-corrected chi connectivity index (χ0v) is 15.0. The van der Waals surface area contributed by atoms with Gasteiger partial charge in [-0.2, -0.15) is 0 Å². The molecule has 0 spiro atoms. The minimum atomic E-state index is -3.99. The molecule has 134 valence electrons. The van der Waals surface area contributed by atoms with Crippen molar-refractivity contribution < 1.29 is 17.6 Å². The van der Waals surface area contributed by atoms with E-state index < -0.39 is 26.6 Å². The van der Waals surface area contributed by atoms with Gasteiger partial charge in [0.25, 0.3) is 5.91 Å². The third kappa shape index (κ3) is 3.44. The maximum absolute atomic E-state index is 14.0. The SMILES string of the molecule is CN(C)S(=O)(=O)c1cc(C(=O)Nc2ccc3ccccc3c2)ccc1F. The Morgan fingerprint density at radius 2 is 1.65 bits per heavy atom. The molecule has 7 heteroatoms. The van der Waals surface area contributed by atoms with Crippen molar-refractivity contribution in [3.63, 3.8) is 0 Å². The summed E-state index contributed by atoms with van der Waals surface area (Å²) in [6.45, 7) is 0. The number of nitrogens with zero attached hydrogens (tertiary/aromatic N) is 1. The van der Waals surface area contributed by atoms with Crippen molar-refractivity contribution in [1.29, 1.82) is 0 Å². The summed E-state index contributed by atoms with van der Waals surface area (Å²) >= 11 is 0. The minimum absolute atomic E-state index is 0.0555. The molecule has 1 N–H and O–H groups in total. The van der Waals surface area contributed by atoms with Crippen LogP contribution in [0.15, 0.2) is 65.6 Å². The first-order valence-electron chi connectivity index (χ1n) is 7.81. The Hall–Kier alpha value is -2.77. The Balaban J connectivity index is 1.92. The average Bonchev–Trinajstić information content (AvgIpc) is 2.61. The molecule has 26 heavy (non-hydrogen) atoms. The highest BCUT2D eigenvalue weighted by Gasteiger charge is 2.23. The van der Waals surface area contributed by atoms with E-state index in [1.54, 1.807) is 6.07 Å². The van der Waals surface area contributed by atoms with Gasteiger partial charge in [0.15, 0.2) is 0 Å². The van der Waals surface area contributed by atoms with E-state index in [2.05, 4.69) is 5.32 Å². The van der Waals surface area contributed by atoms with Gasteiger partial charge in [-0.15, -0.1) is 0 Å². The van der Waals surface area contributed by atoms with Crippen molar-refractivity contribution in [2.24, 2.45) is 0 Å². The number of anilines is 1. The van der Waals surface area contributed by atoms with Crippen molar-refractivity contribution >= 4 is 32.4 Å². The first-order valence-corrected chi connectivity index (χ1v) is 9.25. The van der Waals surface area contributed by atoms with E-state index in [0.29, 0.717) is 5.69 Å². The predicted molar refractivity (Wildman–Crippen MR) is 99.2 cm³/mol. The van der Waals surface area contributed by atoms with Crippen LogP contribution in [-0.4, -0.2) is 32.7 Å². The number of sulfonamides is 1. The first kappa shape index (κ1) is 18.0. The predicted octanol–water partition coefficient (Wildman–Crippen LogP) is 3.48. The molecule has 3 rings (SSSR count). The highest BCUT2D eigenvalue weighted by atomic mass is 32.2. The number of nitrogens with one attached hydrogen (secondary N) is 1. The van der Waals surface area contributed by atoms with E-state index in [1.165, 1.54) is 20.2 Å². The van der Waals surface area contributed by atoms with Crippen molar-refractivity contribution in [2.75, 3.05) is 19.4 Å². The standard InChI is InChI=1S/C19H17FN2O3S/c1-22(2)26(24,25)18-12-15(8-10-17(18)20)19(23)21-16-9-7-13-5-3-4-6-14(13)11-16/h3-12H,1-2H3,(H,21,23). The van der Waals surface area contributed by atoms with Gasteiger partial charge in [-0.3, -0.25) is 4.79 Å². The van der Waals surface area contributed by atoms with Crippen LogP contribution < -0.4 is 5.32 Å². The third-order valence-electron chi connectivity index (χ3n) is 3.96. The average molecular weight is 372 g/mol. The lowest BCUT2D eigenvalue weighted by atomic mass is 10.1. The number of fused-ring (bicyclic) bond motifs is 1. The maximum atomic E-state index is 14.0. The van der Waals surface area contributed by atoms with Crippen molar-refractivity contribution in [2.45, 2.75) is 4.90 Å². The monoisotopic (exact) mass is 372 g/mol. The largest absolute Gasteiger partial charge is 0.322 e. The second kappa shape index (κ2) is 6.86. The van der Waals surface area contributed by atoms with Crippen LogP contribution in [0.5, 0.6) is 0 Å². The lowest BCUT2D eigenvalue weighted by Gasteiger charge is -2.13. The van der Waals surface area contributed by atoms with E-state index in [-0.39, 0.29) is 5.56 Å². The van der Waals surface area contributed by atoms with Crippen LogP contribution in [0.2, 0.25) is 0 Å². The molecular weight excluding hydrogens is 355 g/mol. The van der Waals surface area contributed by atoms with Gasteiger partial charge in [0.05, 0.1) is 0 Å². The van der Waals surface area contributed by atoms with Gasteiger partial charge in [0, 0.05) is 25.3 Å². The Morgan fingerprint density at radius 1 is 0.962 bits per heavy atom. The molecule has 0 saturated carbocycles. The zero-order chi connectivity index (χ0) is 18.9. The minimum Gasteiger partial charge on any atom is -0.322 e. The summed E-state index contributed by atoms with van der Waals surface area (Å²) in [5.74, 6) is -1.42. The molecule has 3 aromatic rings. The van der Waals surface area contributed by atoms with Crippen molar-refractivity contribution in [3.05, 3.63) is 72.0 Å². The van der Waals surface area contributed by atoms with Gasteiger partial charge < -0.3 is 5.32 Å². The molecule has 0 fully saturated rings. The molecular formula is C19H17FN2O3S. The molecule has 0 radical (unpaired) electrons. The van der Waals surface area contributed by atoms with Gasteiger partial charge in [0.1, 0.15) is 10.7 Å². The van der Waals surface area contributed by atoms with Gasteiger partial charge in [0.2, 0.25) is 10.0 Å². The number of benzene rings is 3. The molecule has 0 bridgehead atoms. The second-order valence-electron chi connectivity index (χ2n) is 5.95. The fraction of sp³-hybridized carbons (Fsp3) is 0.105. The maximum Gasteiger partial charge on any atom is 0.255 e. The number of carbonyl (C=O) groups excluding carboxylic acids is 1. The van der Waals surface area contributed by atoms with Crippen LogP contribution in [0.3, 0.4) is 0 Å². The smallest absolute Gasteiger partial charge is 0.255 e. The van der Waals surface area contributed by atoms with Crippen LogP contribution in [0, 0.1) is 5.82 Å². The molecule has 0 aromatic heterocycles. The number of carbonyl (C=O) groups is 1. The number of hydrogen-bond donors (Lipinski definition) is 1. The summed E-state index contributed by atoms with van der Waals surface area (Å²) in [7, 11) is -1.38. The molecule has 0 heterocycles. The highest BCUT2D eigenvalue weighted by molar-refractivity contribution is 7.89. The fourth-order valence-corrected chi connectivity index (χ4v) is 3.49. The molecule has 0 aliphatic rings. The first-order chi connectivity index (χ1) is 12.3. The molecule has 0 atom stereocenters. The van der Waals surface area contributed by atoms with Crippen molar-refractivity contribution in [1.82, 2.24) is 4.31 Å². The molecule has 1 amide bonds. The number of hydrogen-bond acceptors (Lipinski definition) is 3. The fourth-order valence-electron chi connectivity index (χ4n) is 2.51. The highest BCUT2D eigenvalue weighted by Crippen LogP contribution is 2.22. The van der Waals surface area contributed by atoms with Crippen LogP contribution in [0.25, 0.3) is 10.8 Å². The lowest BCUT2D eigenvalue weighted by Crippen LogP contribution is -2.24. The van der Waals surface area contributed by atoms with Crippen LogP contribution in [-0.2, 0) is 10.0 Å². The summed E-state index contributed by atoms with van der Waals surface area (Å²) < 4.78 is 39.2. The Morgan fingerprint density at radius 3 is 2.35 bits per heavy atom. The Labute approximate surface area is 151 Å². The zero-order valence-electron chi connectivity index (χ0n) is 14.2. The van der Waals surface area contributed by atoms with Gasteiger partial charge in [-0.25, -0.2) is 17.1 Å². The van der Waals surface area contributed by atoms with Gasteiger partial charge >= 0.3 is 0 Å². The summed E-state index contributed by atoms with van der Waals surface area (Å²) in [5.41, 5.74) is 0.620. The van der Waals surface area contributed by atoms with Crippen LogP contribution in [0.1, 0.15) is 10.4 Å². The summed E-state index contributed by atoms with van der Waals surface area (Å²) in [6.07, 6.45) is 0. The van der Waals surface area contributed by atoms with Gasteiger partial charge in [-0.05, 0) is 41.1 Å². The normalized spacial score (nSPS) is 11.7. The number of amides is 1. The lowest BCUT2D eigenvalue weighted by molar-refractivity contribution is 0.102. The van der Waals surface area contributed by atoms with E-state index >= 15 is 0 Å². The molecule has 5 nitrogen and oxygen atoms in total. The van der Waals surface area contributed by atoms with Crippen LogP contribution in [0.4, 0.5) is 10.1 Å². The Bertz CT molecular complexity index is 1090. The molecule has 0 aliphatic heterocycles. The summed E-state index contributed by atoms with van der Waals surface area (Å²) in [4.78, 5) is 11.9. The molecule has 0 aliphatic carbocycles. The van der Waals surface area contributed by atoms with E-state index in [9.17, 15) is 17.6 Å². The van der Waals surface area contributed by atoms with E-state index in [0.717, 1.165) is 27.2 Å². The van der Waals surface area contributed by atoms with E-state index in [1.807, 2.05) is 36.4 Å². The number of rotatable bonds is 4. The Kier molecular flexibility index (Phi) is 4.76. The third-order valence-corrected chi connectivity index (χ3v) is 5.79. The topological polar surface area (TPSA) is 66.5 Å². The summed E-state index contributed by atoms with van der Waals surface area (Å²) in [6, 6.07) is 16.4. The van der Waals surface area contributed by atoms with Crippen molar-refractivity contribution in [3.8, 4) is 0 Å². The summed E-state index contributed by atoms with van der Waals surface area (Å²) in [5, 5.41) is 4.70. The van der Waals surface area contributed by atoms with E-state index in [4.69, 9.17) is 0 Å².